The average molecular weight is 476 g/mol. The fourth-order valence-electron chi connectivity index (χ4n) is 3.80. The summed E-state index contributed by atoms with van der Waals surface area (Å²) < 4.78 is 31.6. The van der Waals surface area contributed by atoms with E-state index < -0.39 is 17.6 Å². The molecule has 0 unspecified atom stereocenters. The van der Waals surface area contributed by atoms with E-state index in [1.54, 1.807) is 56.6 Å². The zero-order chi connectivity index (χ0) is 24.7. The van der Waals surface area contributed by atoms with Gasteiger partial charge in [-0.3, -0.25) is 20.5 Å². The predicted molar refractivity (Wildman–Crippen MR) is 122 cm³/mol. The quantitative estimate of drug-likeness (QED) is 0.369. The molecule has 0 bridgehead atoms. The van der Waals surface area contributed by atoms with Gasteiger partial charge in [-0.2, -0.15) is 13.9 Å². The molecular weight excluding hydrogens is 458 g/mol. The number of aryl methyl sites for hydroxylation is 2. The first kappa shape index (κ1) is 22.2. The van der Waals surface area contributed by atoms with Crippen LogP contribution in [0.25, 0.3) is 28.1 Å². The molecule has 3 N–H and O–H groups in total. The zero-order valence-corrected chi connectivity index (χ0v) is 18.5. The Labute approximate surface area is 196 Å². The monoisotopic (exact) mass is 476 g/mol. The Morgan fingerprint density at radius 2 is 1.97 bits per heavy atom. The smallest absolute Gasteiger partial charge is 0.320 e. The first-order valence-corrected chi connectivity index (χ1v) is 10.3. The molecule has 0 aliphatic heterocycles. The van der Waals surface area contributed by atoms with Gasteiger partial charge in [0.25, 0.3) is 5.91 Å². The van der Waals surface area contributed by atoms with Crippen molar-refractivity contribution >= 4 is 22.5 Å². The number of anilines is 1. The minimum Gasteiger partial charge on any atom is -0.320 e. The van der Waals surface area contributed by atoms with Crippen LogP contribution in [0.2, 0.25) is 0 Å². The summed E-state index contributed by atoms with van der Waals surface area (Å²) in [5, 5.41) is 18.5. The van der Waals surface area contributed by atoms with Crippen LogP contribution in [-0.4, -0.2) is 45.9 Å². The molecule has 0 aliphatic carbocycles. The van der Waals surface area contributed by atoms with Crippen molar-refractivity contribution in [1.82, 2.24) is 40.0 Å². The Balaban J connectivity index is 1.52. The SMILES string of the molecule is Cc1cc(NC(=O)c2cnn(-c3cccc4ncccc34)c2C(N)(F)F)cnc1-c1nnnn1C. The third-order valence-electron chi connectivity index (χ3n) is 5.35. The molecule has 11 nitrogen and oxygen atoms in total. The van der Waals surface area contributed by atoms with Gasteiger partial charge in [0.1, 0.15) is 11.4 Å². The van der Waals surface area contributed by atoms with Gasteiger partial charge < -0.3 is 5.32 Å². The van der Waals surface area contributed by atoms with Crippen LogP contribution in [0.3, 0.4) is 0 Å². The Morgan fingerprint density at radius 3 is 2.69 bits per heavy atom. The number of aromatic nitrogens is 8. The van der Waals surface area contributed by atoms with Crippen LogP contribution >= 0.6 is 0 Å². The topological polar surface area (TPSA) is 142 Å². The highest BCUT2D eigenvalue weighted by Crippen LogP contribution is 2.31. The molecule has 35 heavy (non-hydrogen) atoms. The Bertz CT molecular complexity index is 1570. The lowest BCUT2D eigenvalue weighted by atomic mass is 10.1. The molecule has 4 aromatic heterocycles. The largest absolute Gasteiger partial charge is 0.344 e. The number of carbonyl (C=O) groups is 1. The highest BCUT2D eigenvalue weighted by Gasteiger charge is 2.37. The molecular formula is C22H18F2N10O. The van der Waals surface area contributed by atoms with Crippen LogP contribution < -0.4 is 11.1 Å². The summed E-state index contributed by atoms with van der Waals surface area (Å²) in [7, 11) is 1.67. The predicted octanol–water partition coefficient (Wildman–Crippen LogP) is 2.57. The number of hydrogen-bond acceptors (Lipinski definition) is 8. The van der Waals surface area contributed by atoms with E-state index in [1.807, 2.05) is 0 Å². The third kappa shape index (κ3) is 3.97. The maximum atomic E-state index is 14.6. The van der Waals surface area contributed by atoms with Gasteiger partial charge in [0.05, 0.1) is 34.8 Å². The van der Waals surface area contributed by atoms with E-state index in [4.69, 9.17) is 5.73 Å². The first-order valence-electron chi connectivity index (χ1n) is 10.3. The van der Waals surface area contributed by atoms with Gasteiger partial charge in [-0.25, -0.2) is 9.36 Å². The number of nitrogens with one attached hydrogen (secondary N) is 1. The van der Waals surface area contributed by atoms with Crippen molar-refractivity contribution in [3.63, 3.8) is 0 Å². The summed E-state index contributed by atoms with van der Waals surface area (Å²) in [4.78, 5) is 21.6. The number of rotatable bonds is 5. The summed E-state index contributed by atoms with van der Waals surface area (Å²) in [5.41, 5.74) is 6.45. The highest BCUT2D eigenvalue weighted by molar-refractivity contribution is 6.05. The van der Waals surface area contributed by atoms with Crippen molar-refractivity contribution in [2.75, 3.05) is 5.32 Å². The van der Waals surface area contributed by atoms with Gasteiger partial charge in [0, 0.05) is 18.6 Å². The number of hydrogen-bond donors (Lipinski definition) is 2. The average Bonchev–Trinajstić information content (AvgIpc) is 3.45. The number of pyridine rings is 2. The van der Waals surface area contributed by atoms with Crippen molar-refractivity contribution in [3.8, 4) is 17.2 Å². The molecule has 0 saturated heterocycles. The Kier molecular flexibility index (Phi) is 5.25. The number of carbonyl (C=O) groups excluding carboxylic acids is 1. The summed E-state index contributed by atoms with van der Waals surface area (Å²) in [6.07, 6.45) is 4.03. The summed E-state index contributed by atoms with van der Waals surface area (Å²) in [6, 6.07) is 6.18. The summed E-state index contributed by atoms with van der Waals surface area (Å²) in [5.74, 6) is -0.375. The second-order valence-corrected chi connectivity index (χ2v) is 7.76. The van der Waals surface area contributed by atoms with Gasteiger partial charge in [0.15, 0.2) is 0 Å². The lowest BCUT2D eigenvalue weighted by molar-refractivity contribution is -0.00478. The van der Waals surface area contributed by atoms with Crippen LogP contribution in [0.1, 0.15) is 21.6 Å². The van der Waals surface area contributed by atoms with Gasteiger partial charge in [-0.15, -0.1) is 5.10 Å². The second kappa shape index (κ2) is 8.29. The molecule has 5 aromatic rings. The van der Waals surface area contributed by atoms with Crippen molar-refractivity contribution in [1.29, 1.82) is 0 Å². The second-order valence-electron chi connectivity index (χ2n) is 7.76. The van der Waals surface area contributed by atoms with Crippen molar-refractivity contribution in [2.45, 2.75) is 13.0 Å². The molecule has 1 aromatic carbocycles. The van der Waals surface area contributed by atoms with E-state index in [9.17, 15) is 13.6 Å². The normalized spacial score (nSPS) is 11.7. The van der Waals surface area contributed by atoms with E-state index in [0.29, 0.717) is 39.4 Å². The molecule has 0 radical (unpaired) electrons. The number of fused-ring (bicyclic) bond motifs is 1. The summed E-state index contributed by atoms with van der Waals surface area (Å²) in [6.45, 7) is 1.76. The van der Waals surface area contributed by atoms with E-state index in [-0.39, 0.29) is 5.56 Å². The molecule has 0 spiro atoms. The number of alkyl halides is 2. The van der Waals surface area contributed by atoms with Gasteiger partial charge in [0.2, 0.25) is 5.82 Å². The van der Waals surface area contributed by atoms with E-state index in [1.165, 1.54) is 10.9 Å². The van der Waals surface area contributed by atoms with Gasteiger partial charge in [-0.05, 0) is 53.2 Å². The first-order chi connectivity index (χ1) is 16.7. The van der Waals surface area contributed by atoms with Crippen molar-refractivity contribution in [2.24, 2.45) is 12.8 Å². The van der Waals surface area contributed by atoms with E-state index in [2.05, 4.69) is 35.9 Å². The zero-order valence-electron chi connectivity index (χ0n) is 18.5. The Morgan fingerprint density at radius 1 is 1.14 bits per heavy atom. The molecule has 1 amide bonds. The number of halogens is 2. The molecule has 4 heterocycles. The number of nitrogens with two attached hydrogens (primary N) is 1. The molecule has 5 rings (SSSR count). The molecule has 176 valence electrons. The molecule has 0 aliphatic rings. The fraction of sp³-hybridized carbons (Fsp3) is 0.136. The number of amides is 1. The van der Waals surface area contributed by atoms with Crippen LogP contribution in [-0.2, 0) is 13.1 Å². The number of nitrogens with zero attached hydrogens (tertiary/aromatic N) is 8. The minimum absolute atomic E-state index is 0.291. The van der Waals surface area contributed by atoms with E-state index in [0.717, 1.165) is 10.9 Å². The van der Waals surface area contributed by atoms with Crippen molar-refractivity contribution < 1.29 is 13.6 Å². The maximum Gasteiger partial charge on any atom is 0.344 e. The van der Waals surface area contributed by atoms with Crippen molar-refractivity contribution in [3.05, 3.63) is 71.8 Å². The molecule has 0 fully saturated rings. The van der Waals surface area contributed by atoms with Crippen LogP contribution in [0, 0.1) is 6.92 Å². The lowest BCUT2D eigenvalue weighted by Gasteiger charge is -2.16. The summed E-state index contributed by atoms with van der Waals surface area (Å²) >= 11 is 0. The van der Waals surface area contributed by atoms with Crippen LogP contribution in [0.5, 0.6) is 0 Å². The molecule has 0 atom stereocenters. The molecule has 13 heteroatoms. The maximum absolute atomic E-state index is 14.6. The van der Waals surface area contributed by atoms with E-state index >= 15 is 0 Å². The van der Waals surface area contributed by atoms with Gasteiger partial charge in [-0.1, -0.05) is 6.07 Å². The van der Waals surface area contributed by atoms with Gasteiger partial charge >= 0.3 is 6.05 Å². The lowest BCUT2D eigenvalue weighted by Crippen LogP contribution is -2.31. The van der Waals surface area contributed by atoms with Crippen LogP contribution in [0.4, 0.5) is 14.5 Å². The number of benzene rings is 1. The minimum atomic E-state index is -3.86. The Hall–Kier alpha value is -4.65. The van der Waals surface area contributed by atoms with Crippen LogP contribution in [0.15, 0.2) is 55.0 Å². The standard InChI is InChI=1S/C22H18F2N10O/c1-12-9-13(10-27-18(12)20-30-31-32-33(20)2)29-21(35)15-11-28-34(19(15)22(23,24)25)17-7-3-6-16-14(17)5-4-8-26-16/h3-11H,25H2,1-2H3,(H,29,35). The molecule has 0 saturated carbocycles. The third-order valence-corrected chi connectivity index (χ3v) is 5.35. The number of tetrazole rings is 1. The fourth-order valence-corrected chi connectivity index (χ4v) is 3.80. The highest BCUT2D eigenvalue weighted by atomic mass is 19.3.